The number of aromatic nitrogens is 1. The molecule has 1 aromatic rings. The lowest BCUT2D eigenvalue weighted by molar-refractivity contribution is 0.270. The van der Waals surface area contributed by atoms with Gasteiger partial charge in [0.25, 0.3) is 0 Å². The number of aliphatic hydroxyl groups excluding tert-OH is 1. The van der Waals surface area contributed by atoms with Gasteiger partial charge < -0.3 is 9.67 Å². The monoisotopic (exact) mass is 298 g/mol. The van der Waals surface area contributed by atoms with E-state index in [-0.39, 0.29) is 12.1 Å². The third kappa shape index (κ3) is 2.19. The molecule has 1 aliphatic heterocycles. The fourth-order valence-corrected chi connectivity index (χ4v) is 5.01. The zero-order chi connectivity index (χ0) is 14.5. The molecule has 0 unspecified atom stereocenters. The molecule has 3 rings (SSSR count). The van der Waals surface area contributed by atoms with Gasteiger partial charge in [-0.05, 0) is 45.6 Å². The smallest absolute Gasteiger partial charge is 0.245 e. The Bertz CT molecular complexity index is 614. The topological polar surface area (TPSA) is 62.5 Å². The average Bonchev–Trinajstić information content (AvgIpc) is 3.01. The minimum absolute atomic E-state index is 0.116. The quantitative estimate of drug-likeness (QED) is 0.923. The summed E-state index contributed by atoms with van der Waals surface area (Å²) in [6, 6.07) is 2.00. The highest BCUT2D eigenvalue weighted by Gasteiger charge is 2.41. The summed E-state index contributed by atoms with van der Waals surface area (Å²) in [6.07, 6.45) is 5.63. The van der Waals surface area contributed by atoms with Crippen LogP contribution in [0.5, 0.6) is 0 Å². The summed E-state index contributed by atoms with van der Waals surface area (Å²) in [5, 5.41) is 9.41. The number of hydrogen-bond donors (Lipinski definition) is 1. The molecule has 1 N–H and O–H groups in total. The predicted octanol–water partition coefficient (Wildman–Crippen LogP) is 1.88. The second-order valence-electron chi connectivity index (χ2n) is 6.46. The number of aliphatic hydroxyl groups is 1. The lowest BCUT2D eigenvalue weighted by Gasteiger charge is -2.30. The van der Waals surface area contributed by atoms with Crippen molar-refractivity contribution in [3.8, 4) is 0 Å². The molecule has 0 spiro atoms. The van der Waals surface area contributed by atoms with Gasteiger partial charge in [-0.15, -0.1) is 0 Å². The summed E-state index contributed by atoms with van der Waals surface area (Å²) in [4.78, 5) is 0.323. The van der Waals surface area contributed by atoms with Gasteiger partial charge >= 0.3 is 0 Å². The summed E-state index contributed by atoms with van der Waals surface area (Å²) < 4.78 is 29.1. The Kier molecular flexibility index (Phi) is 3.23. The van der Waals surface area contributed by atoms with Crippen LogP contribution in [0.4, 0.5) is 0 Å². The van der Waals surface area contributed by atoms with Crippen molar-refractivity contribution >= 4 is 10.0 Å². The largest absolute Gasteiger partial charge is 0.390 e. The van der Waals surface area contributed by atoms with Gasteiger partial charge in [0.05, 0.1) is 6.61 Å². The molecule has 6 heteroatoms. The molecule has 2 fully saturated rings. The minimum Gasteiger partial charge on any atom is -0.390 e. The second-order valence-corrected chi connectivity index (χ2v) is 8.32. The van der Waals surface area contributed by atoms with E-state index in [1.165, 1.54) is 0 Å². The maximum absolute atomic E-state index is 12.8. The Morgan fingerprint density at radius 1 is 1.40 bits per heavy atom. The Labute approximate surface area is 120 Å². The van der Waals surface area contributed by atoms with Gasteiger partial charge in [0, 0.05) is 30.0 Å². The van der Waals surface area contributed by atoms with Crippen LogP contribution in [0.2, 0.25) is 0 Å². The van der Waals surface area contributed by atoms with Gasteiger partial charge in [-0.25, -0.2) is 8.42 Å². The predicted molar refractivity (Wildman–Crippen MR) is 75.8 cm³/mol. The third-order valence-corrected chi connectivity index (χ3v) is 6.50. The molecule has 0 atom stereocenters. The van der Waals surface area contributed by atoms with E-state index in [2.05, 4.69) is 0 Å². The van der Waals surface area contributed by atoms with Crippen LogP contribution in [0.25, 0.3) is 0 Å². The van der Waals surface area contributed by atoms with Crippen LogP contribution in [0.3, 0.4) is 0 Å². The fraction of sp³-hybridized carbons (Fsp3) is 0.714. The first-order valence-electron chi connectivity index (χ1n) is 7.21. The molecule has 1 saturated carbocycles. The number of nitrogens with zero attached hydrogens (tertiary/aromatic N) is 2. The van der Waals surface area contributed by atoms with Crippen molar-refractivity contribution in [2.24, 2.45) is 0 Å². The molecule has 0 radical (unpaired) electrons. The molecule has 20 heavy (non-hydrogen) atoms. The second kappa shape index (κ2) is 4.58. The van der Waals surface area contributed by atoms with E-state index < -0.39 is 10.0 Å². The first-order valence-corrected chi connectivity index (χ1v) is 8.65. The maximum atomic E-state index is 12.8. The molecule has 1 aromatic heterocycles. The van der Waals surface area contributed by atoms with Crippen LogP contribution in [-0.4, -0.2) is 34.5 Å². The van der Waals surface area contributed by atoms with Crippen molar-refractivity contribution in [3.05, 3.63) is 18.0 Å². The fourth-order valence-electron chi connectivity index (χ4n) is 3.11. The number of sulfonamides is 1. The van der Waals surface area contributed by atoms with Crippen molar-refractivity contribution in [1.82, 2.24) is 8.87 Å². The molecule has 0 bridgehead atoms. The normalized spacial score (nSPS) is 23.4. The molecular formula is C14H22N2O3S. The molecule has 112 valence electrons. The van der Waals surface area contributed by atoms with Crippen molar-refractivity contribution in [2.75, 3.05) is 6.54 Å². The highest BCUT2D eigenvalue weighted by atomic mass is 32.2. The van der Waals surface area contributed by atoms with Crippen LogP contribution < -0.4 is 0 Å². The molecule has 1 aliphatic carbocycles. The first-order chi connectivity index (χ1) is 9.36. The molecule has 5 nitrogen and oxygen atoms in total. The summed E-state index contributed by atoms with van der Waals surface area (Å²) in [7, 11) is -3.46. The van der Waals surface area contributed by atoms with Crippen molar-refractivity contribution in [2.45, 2.75) is 62.6 Å². The van der Waals surface area contributed by atoms with E-state index in [0.29, 0.717) is 23.2 Å². The van der Waals surface area contributed by atoms with Gasteiger partial charge in [0.15, 0.2) is 0 Å². The van der Waals surface area contributed by atoms with Crippen LogP contribution in [0.15, 0.2) is 17.2 Å². The molecule has 0 aromatic carbocycles. The molecule has 2 aliphatic rings. The van der Waals surface area contributed by atoms with Crippen molar-refractivity contribution in [3.63, 3.8) is 0 Å². The molecule has 0 amide bonds. The zero-order valence-corrected chi connectivity index (χ0v) is 12.9. The van der Waals surface area contributed by atoms with Gasteiger partial charge in [0.2, 0.25) is 10.0 Å². The van der Waals surface area contributed by atoms with Crippen LogP contribution in [0.1, 0.15) is 51.3 Å². The van der Waals surface area contributed by atoms with Gasteiger partial charge in [-0.2, -0.15) is 4.31 Å². The molecular weight excluding hydrogens is 276 g/mol. The van der Waals surface area contributed by atoms with E-state index in [1.54, 1.807) is 16.6 Å². The van der Waals surface area contributed by atoms with E-state index in [1.807, 2.05) is 18.4 Å². The third-order valence-electron chi connectivity index (χ3n) is 4.42. The van der Waals surface area contributed by atoms with Crippen LogP contribution >= 0.6 is 0 Å². The molecule has 1 saturated heterocycles. The molecule has 2 heterocycles. The summed E-state index contributed by atoms with van der Waals surface area (Å²) >= 11 is 0. The minimum atomic E-state index is -3.46. The zero-order valence-electron chi connectivity index (χ0n) is 12.0. The Morgan fingerprint density at radius 3 is 2.60 bits per heavy atom. The van der Waals surface area contributed by atoms with Crippen LogP contribution in [0, 0.1) is 0 Å². The van der Waals surface area contributed by atoms with Crippen molar-refractivity contribution in [1.29, 1.82) is 0 Å². The van der Waals surface area contributed by atoms with Crippen LogP contribution in [-0.2, 0) is 16.6 Å². The van der Waals surface area contributed by atoms with Gasteiger partial charge in [-0.1, -0.05) is 0 Å². The Hall–Kier alpha value is -0.850. The summed E-state index contributed by atoms with van der Waals surface area (Å²) in [5.74, 6) is 0. The lowest BCUT2D eigenvalue weighted by atomic mass is 10.0. The van der Waals surface area contributed by atoms with Gasteiger partial charge in [0.1, 0.15) is 4.90 Å². The van der Waals surface area contributed by atoms with E-state index >= 15 is 0 Å². The highest BCUT2D eigenvalue weighted by molar-refractivity contribution is 7.89. The van der Waals surface area contributed by atoms with Crippen molar-refractivity contribution < 1.29 is 13.5 Å². The standard InChI is InChI=1S/C14H22N2O3S/c1-14(2)6-3-7-16(14)20(18,19)13-8-12(10-17)15(9-13)11-4-5-11/h8-9,11,17H,3-7,10H2,1-2H3. The Balaban J connectivity index is 1.99. The van der Waals surface area contributed by atoms with E-state index in [0.717, 1.165) is 25.7 Å². The summed E-state index contributed by atoms with van der Waals surface area (Å²) in [6.45, 7) is 4.42. The van der Waals surface area contributed by atoms with E-state index in [9.17, 15) is 13.5 Å². The summed E-state index contributed by atoms with van der Waals surface area (Å²) in [5.41, 5.74) is 0.378. The first kappa shape index (κ1) is 14.1. The average molecular weight is 298 g/mol. The Morgan fingerprint density at radius 2 is 2.10 bits per heavy atom. The highest BCUT2D eigenvalue weighted by Crippen LogP contribution is 2.39. The SMILES string of the molecule is CC1(C)CCCN1S(=O)(=O)c1cc(CO)n(C2CC2)c1. The maximum Gasteiger partial charge on any atom is 0.245 e. The lowest BCUT2D eigenvalue weighted by Crippen LogP contribution is -2.42. The number of rotatable bonds is 4. The van der Waals surface area contributed by atoms with E-state index in [4.69, 9.17) is 0 Å². The number of hydrogen-bond acceptors (Lipinski definition) is 3. The van der Waals surface area contributed by atoms with Gasteiger partial charge in [-0.3, -0.25) is 0 Å².